The molecule has 1 unspecified atom stereocenters. The first-order chi connectivity index (χ1) is 7.56. The highest BCUT2D eigenvalue weighted by Gasteiger charge is 2.42. The van der Waals surface area contributed by atoms with Crippen LogP contribution in [0.5, 0.6) is 0 Å². The second-order valence-corrected chi connectivity index (χ2v) is 4.22. The van der Waals surface area contributed by atoms with Crippen LogP contribution in [-0.4, -0.2) is 18.9 Å². The summed E-state index contributed by atoms with van der Waals surface area (Å²) in [6.07, 6.45) is 0. The van der Waals surface area contributed by atoms with E-state index in [2.05, 4.69) is 15.6 Å². The lowest BCUT2D eigenvalue weighted by Gasteiger charge is -2.21. The van der Waals surface area contributed by atoms with Gasteiger partial charge in [-0.25, -0.2) is 0 Å². The molecule has 0 aliphatic carbocycles. The summed E-state index contributed by atoms with van der Waals surface area (Å²) in [6, 6.07) is 7.22. The Labute approximate surface area is 98.7 Å². The van der Waals surface area contributed by atoms with Gasteiger partial charge in [0.15, 0.2) is 5.96 Å². The fourth-order valence-corrected chi connectivity index (χ4v) is 1.86. The number of hydrogen-bond donors (Lipinski definition) is 2. The van der Waals surface area contributed by atoms with Crippen molar-refractivity contribution in [1.29, 1.82) is 0 Å². The molecule has 1 heterocycles. The molecule has 0 radical (unpaired) electrons. The Bertz CT molecular complexity index is 472. The molecule has 1 aliphatic heterocycles. The Kier molecular flexibility index (Phi) is 2.59. The van der Waals surface area contributed by atoms with E-state index in [4.69, 9.17) is 11.6 Å². The molecule has 1 atom stereocenters. The Balaban J connectivity index is 2.43. The summed E-state index contributed by atoms with van der Waals surface area (Å²) in [5, 5.41) is 6.32. The predicted octanol–water partition coefficient (Wildman–Crippen LogP) is 1.26. The molecule has 0 spiro atoms. The van der Waals surface area contributed by atoms with Gasteiger partial charge in [0, 0.05) is 12.1 Å². The van der Waals surface area contributed by atoms with Crippen molar-refractivity contribution >= 4 is 23.5 Å². The number of aliphatic imine (C=N–C) groups is 1. The van der Waals surface area contributed by atoms with Gasteiger partial charge in [0.25, 0.3) is 5.91 Å². The molecule has 0 bridgehead atoms. The van der Waals surface area contributed by atoms with Crippen molar-refractivity contribution in [2.24, 2.45) is 4.99 Å². The minimum absolute atomic E-state index is 0.129. The molecule has 0 saturated carbocycles. The number of hydrogen-bond acceptors (Lipinski definition) is 2. The Morgan fingerprint density at radius 1 is 1.44 bits per heavy atom. The van der Waals surface area contributed by atoms with Crippen molar-refractivity contribution in [1.82, 2.24) is 10.6 Å². The molecule has 16 heavy (non-hydrogen) atoms. The first-order valence-corrected chi connectivity index (χ1v) is 5.26. The molecule has 4 nitrogen and oxygen atoms in total. The highest BCUT2D eigenvalue weighted by Crippen LogP contribution is 2.26. The normalized spacial score (nSPS) is 26.7. The molecule has 1 saturated heterocycles. The van der Waals surface area contributed by atoms with Crippen molar-refractivity contribution in [3.8, 4) is 0 Å². The summed E-state index contributed by atoms with van der Waals surface area (Å²) in [5.74, 6) is 0.350. The zero-order valence-electron chi connectivity index (χ0n) is 9.04. The average Bonchev–Trinajstić information content (AvgIpc) is 2.56. The fourth-order valence-electron chi connectivity index (χ4n) is 1.67. The zero-order chi connectivity index (χ0) is 11.8. The van der Waals surface area contributed by atoms with E-state index in [9.17, 15) is 4.79 Å². The van der Waals surface area contributed by atoms with Gasteiger partial charge in [-0.3, -0.25) is 15.1 Å². The van der Waals surface area contributed by atoms with Gasteiger partial charge in [0.05, 0.1) is 0 Å². The minimum Gasteiger partial charge on any atom is -0.338 e. The number of benzene rings is 1. The summed E-state index contributed by atoms with van der Waals surface area (Å²) >= 11 is 5.91. The molecule has 5 heteroatoms. The molecular formula is C11H12ClN3O. The Hall–Kier alpha value is -1.55. The lowest BCUT2D eigenvalue weighted by Crippen LogP contribution is -2.40. The quantitative estimate of drug-likeness (QED) is 0.773. The fraction of sp³-hybridized carbons (Fsp3) is 0.273. The maximum absolute atomic E-state index is 11.9. The van der Waals surface area contributed by atoms with Gasteiger partial charge in [-0.05, 0) is 24.6 Å². The van der Waals surface area contributed by atoms with Gasteiger partial charge in [0.1, 0.15) is 5.54 Å². The molecule has 2 N–H and O–H groups in total. The summed E-state index contributed by atoms with van der Waals surface area (Å²) in [6.45, 7) is 1.80. The van der Waals surface area contributed by atoms with Gasteiger partial charge in [-0.1, -0.05) is 23.7 Å². The predicted molar refractivity (Wildman–Crippen MR) is 63.4 cm³/mol. The van der Waals surface area contributed by atoms with Crippen LogP contribution in [0, 0.1) is 0 Å². The van der Waals surface area contributed by atoms with Crippen molar-refractivity contribution < 1.29 is 4.79 Å². The van der Waals surface area contributed by atoms with Crippen LogP contribution in [0.25, 0.3) is 0 Å². The highest BCUT2D eigenvalue weighted by atomic mass is 35.5. The van der Waals surface area contributed by atoms with Crippen molar-refractivity contribution in [3.05, 3.63) is 34.9 Å². The van der Waals surface area contributed by atoms with Crippen LogP contribution in [0.4, 0.5) is 0 Å². The molecule has 1 aromatic carbocycles. The van der Waals surface area contributed by atoms with Crippen LogP contribution in [0.1, 0.15) is 12.5 Å². The van der Waals surface area contributed by atoms with Gasteiger partial charge >= 0.3 is 0 Å². The van der Waals surface area contributed by atoms with Crippen LogP contribution in [-0.2, 0) is 10.3 Å². The standard InChI is InChI=1S/C11H12ClN3O/c1-11(7-4-3-5-8(12)6-7)9(16)14-10(13-2)15-11/h3-6H,1-2H3,(H2,13,14,15,16). The first kappa shape index (κ1) is 11.0. The van der Waals surface area contributed by atoms with Crippen molar-refractivity contribution in [2.45, 2.75) is 12.5 Å². The number of amides is 1. The largest absolute Gasteiger partial charge is 0.338 e. The van der Waals surface area contributed by atoms with Gasteiger partial charge in [0.2, 0.25) is 0 Å². The lowest BCUT2D eigenvalue weighted by molar-refractivity contribution is -0.123. The molecule has 2 rings (SSSR count). The smallest absolute Gasteiger partial charge is 0.256 e. The van der Waals surface area contributed by atoms with E-state index in [0.29, 0.717) is 11.0 Å². The van der Waals surface area contributed by atoms with E-state index in [1.165, 1.54) is 0 Å². The third kappa shape index (κ3) is 1.65. The van der Waals surface area contributed by atoms with E-state index < -0.39 is 5.54 Å². The third-order valence-corrected chi connectivity index (χ3v) is 2.92. The summed E-state index contributed by atoms with van der Waals surface area (Å²) in [5.41, 5.74) is 0.0101. The molecule has 1 aliphatic rings. The first-order valence-electron chi connectivity index (χ1n) is 4.89. The summed E-state index contributed by atoms with van der Waals surface area (Å²) in [4.78, 5) is 15.8. The summed E-state index contributed by atoms with van der Waals surface area (Å²) in [7, 11) is 1.62. The van der Waals surface area contributed by atoms with Crippen molar-refractivity contribution in [2.75, 3.05) is 7.05 Å². The van der Waals surface area contributed by atoms with Crippen LogP contribution in [0.3, 0.4) is 0 Å². The molecule has 84 valence electrons. The number of nitrogens with one attached hydrogen (secondary N) is 2. The van der Waals surface area contributed by atoms with E-state index in [1.54, 1.807) is 26.1 Å². The number of carbonyl (C=O) groups is 1. The summed E-state index contributed by atoms with van der Waals surface area (Å²) < 4.78 is 0. The van der Waals surface area contributed by atoms with Crippen LogP contribution >= 0.6 is 11.6 Å². The van der Waals surface area contributed by atoms with E-state index in [0.717, 1.165) is 5.56 Å². The van der Waals surface area contributed by atoms with Gasteiger partial charge in [-0.15, -0.1) is 0 Å². The number of rotatable bonds is 1. The Morgan fingerprint density at radius 3 is 2.75 bits per heavy atom. The molecular weight excluding hydrogens is 226 g/mol. The highest BCUT2D eigenvalue weighted by molar-refractivity contribution is 6.30. The van der Waals surface area contributed by atoms with E-state index >= 15 is 0 Å². The van der Waals surface area contributed by atoms with Crippen LogP contribution < -0.4 is 10.6 Å². The van der Waals surface area contributed by atoms with Gasteiger partial charge in [-0.2, -0.15) is 0 Å². The maximum atomic E-state index is 11.9. The number of carbonyl (C=O) groups excluding carboxylic acids is 1. The number of halogens is 1. The number of nitrogens with zero attached hydrogens (tertiary/aromatic N) is 1. The third-order valence-electron chi connectivity index (χ3n) is 2.68. The monoisotopic (exact) mass is 237 g/mol. The molecule has 0 aromatic heterocycles. The molecule has 1 aromatic rings. The topological polar surface area (TPSA) is 53.5 Å². The van der Waals surface area contributed by atoms with E-state index in [-0.39, 0.29) is 5.91 Å². The second-order valence-electron chi connectivity index (χ2n) is 3.79. The Morgan fingerprint density at radius 2 is 2.19 bits per heavy atom. The lowest BCUT2D eigenvalue weighted by atomic mass is 9.92. The SMILES string of the molecule is CN=C1NC(=O)C(C)(c2cccc(Cl)c2)N1. The van der Waals surface area contributed by atoms with Crippen molar-refractivity contribution in [3.63, 3.8) is 0 Å². The van der Waals surface area contributed by atoms with E-state index in [1.807, 2.05) is 12.1 Å². The molecule has 1 amide bonds. The second kappa shape index (κ2) is 3.79. The average molecular weight is 238 g/mol. The minimum atomic E-state index is -0.806. The maximum Gasteiger partial charge on any atom is 0.256 e. The van der Waals surface area contributed by atoms with Gasteiger partial charge < -0.3 is 5.32 Å². The zero-order valence-corrected chi connectivity index (χ0v) is 9.80. The number of guanidine groups is 1. The van der Waals surface area contributed by atoms with Crippen LogP contribution in [0.15, 0.2) is 29.3 Å². The molecule has 1 fully saturated rings. The van der Waals surface area contributed by atoms with Crippen LogP contribution in [0.2, 0.25) is 5.02 Å².